The van der Waals surface area contributed by atoms with Crippen LogP contribution in [0.1, 0.15) is 111 Å². The maximum atomic E-state index is 15.4. The Hall–Kier alpha value is -8.88. The molecule has 8 nitrogen and oxygen atoms in total. The topological polar surface area (TPSA) is 110 Å². The van der Waals surface area contributed by atoms with Crippen LogP contribution >= 0.6 is 0 Å². The molecule has 8 aromatic rings. The van der Waals surface area contributed by atoms with Gasteiger partial charge in [0.15, 0.2) is 11.6 Å². The molecule has 0 spiro atoms. The first-order chi connectivity index (χ1) is 37.6. The molecule has 2 aliphatic heterocycles. The Morgan fingerprint density at radius 1 is 0.442 bits per heavy atom. The second-order valence-electron chi connectivity index (χ2n) is 21.6. The van der Waals surface area contributed by atoms with Crippen molar-refractivity contribution < 1.29 is 19.1 Å². The van der Waals surface area contributed by atoms with Crippen LogP contribution in [0.3, 0.4) is 0 Å². The second kappa shape index (κ2) is 18.2. The minimum Gasteiger partial charge on any atom is -0.496 e. The fourth-order valence-electron chi connectivity index (χ4n) is 13.5. The van der Waals surface area contributed by atoms with Gasteiger partial charge in [0.25, 0.3) is 0 Å². The molecule has 1 saturated carbocycles. The van der Waals surface area contributed by atoms with Crippen molar-refractivity contribution in [2.75, 3.05) is 14.2 Å². The molecule has 1 fully saturated rings. The molecule has 77 heavy (non-hydrogen) atoms. The summed E-state index contributed by atoms with van der Waals surface area (Å²) in [5, 5.41) is 0. The number of benzene rings is 5. The van der Waals surface area contributed by atoms with Crippen molar-refractivity contribution in [2.45, 2.75) is 64.2 Å². The average molecular weight is 1010 g/mol. The van der Waals surface area contributed by atoms with Gasteiger partial charge in [0.2, 0.25) is 0 Å². The second-order valence-corrected chi connectivity index (χ2v) is 21.6. The molecular formula is C69H56N4O4. The lowest BCUT2D eigenvalue weighted by molar-refractivity contribution is -0.116. The number of hydrogen-bond acceptors (Lipinski definition) is 6. The number of rotatable bonds is 7. The van der Waals surface area contributed by atoms with Crippen LogP contribution < -0.4 is 9.47 Å². The SMILES string of the molecule is COc1ccc(OC)c2c1[C@@H]1C3=C(C(=O)C=C(C4CCC(c5c6nc(c(-c7ccc(C)cc7)c7ccc([nH]7)c(-c7ccc(C)cc7)c7nc(c(-c8ccc(C)cc8)c8ccc5[nH]8)C=C7)C=C6)CC4)C3=O)[C@H]2c2ccccc21. The molecule has 0 amide bonds. The van der Waals surface area contributed by atoms with E-state index >= 15 is 4.79 Å². The van der Waals surface area contributed by atoms with Gasteiger partial charge in [-0.2, -0.15) is 0 Å². The number of hydrogen-bond donors (Lipinski definition) is 2. The number of aromatic amines is 2. The number of ketones is 2. The van der Waals surface area contributed by atoms with Crippen molar-refractivity contribution in [2.24, 2.45) is 5.92 Å². The number of H-pyrrole nitrogens is 2. The Morgan fingerprint density at radius 2 is 0.844 bits per heavy atom. The van der Waals surface area contributed by atoms with Gasteiger partial charge in [0.1, 0.15) is 11.5 Å². The van der Waals surface area contributed by atoms with Gasteiger partial charge < -0.3 is 19.4 Å². The first kappa shape index (κ1) is 46.6. The molecule has 5 aliphatic carbocycles. The summed E-state index contributed by atoms with van der Waals surface area (Å²) in [4.78, 5) is 49.1. The van der Waals surface area contributed by atoms with E-state index in [1.807, 2.05) is 24.3 Å². The molecule has 3 aromatic heterocycles. The molecule has 376 valence electrons. The standard InChI is InChI=1S/C69H56N4O4/c1-37-10-16-41(17-11-37)59-48-26-28-50(70-48)60(42-18-12-38(2)13-19-42)52-30-32-54(72-52)62(55-33-31-53(73-55)61(51-29-27-49(59)71-51)43-20-14-39(3)15-21-43)44-24-22-40(23-25-44)47-36-56(74)65-63-45-8-6-7-9-46(45)64(68(65)69(47)75)67-58(77-5)35-34-57(76-4)66(63)67/h6-21,26-36,40,44,63-64,70,73H,22-25H2,1-5H3/t40?,44?,63-,64-/m1/s1. The van der Waals surface area contributed by atoms with Gasteiger partial charge in [-0.15, -0.1) is 0 Å². The van der Waals surface area contributed by atoms with E-state index in [-0.39, 0.29) is 23.4 Å². The van der Waals surface area contributed by atoms with Gasteiger partial charge in [-0.25, -0.2) is 9.97 Å². The van der Waals surface area contributed by atoms with Crippen molar-refractivity contribution in [1.82, 2.24) is 19.9 Å². The summed E-state index contributed by atoms with van der Waals surface area (Å²) in [6, 6.07) is 46.9. The Bertz CT molecular complexity index is 4090. The van der Waals surface area contributed by atoms with Crippen molar-refractivity contribution in [1.29, 1.82) is 0 Å². The van der Waals surface area contributed by atoms with Crippen LogP contribution in [0.2, 0.25) is 0 Å². The number of ether oxygens (including phenoxy) is 2. The fourth-order valence-corrected chi connectivity index (χ4v) is 13.5. The summed E-state index contributed by atoms with van der Waals surface area (Å²) in [6.45, 7) is 6.35. The van der Waals surface area contributed by atoms with Crippen LogP contribution in [-0.4, -0.2) is 45.7 Å². The summed E-state index contributed by atoms with van der Waals surface area (Å²) >= 11 is 0. The third-order valence-electron chi connectivity index (χ3n) is 17.2. The van der Waals surface area contributed by atoms with Crippen LogP contribution in [0.25, 0.3) is 79.8 Å². The van der Waals surface area contributed by atoms with Crippen LogP contribution in [-0.2, 0) is 9.59 Å². The van der Waals surface area contributed by atoms with E-state index in [1.165, 1.54) is 16.7 Å². The zero-order valence-corrected chi connectivity index (χ0v) is 43.8. The number of carbonyl (C=O) groups excluding carboxylic acids is 2. The van der Waals surface area contributed by atoms with Gasteiger partial charge >= 0.3 is 0 Å². The van der Waals surface area contributed by atoms with E-state index in [1.54, 1.807) is 20.3 Å². The maximum Gasteiger partial charge on any atom is 0.186 e. The zero-order valence-electron chi connectivity index (χ0n) is 43.8. The number of allylic oxidation sites excluding steroid dienone is 4. The van der Waals surface area contributed by atoms with Crippen LogP contribution in [0.15, 0.2) is 156 Å². The van der Waals surface area contributed by atoms with E-state index in [0.717, 1.165) is 132 Å². The van der Waals surface area contributed by atoms with Gasteiger partial charge in [-0.3, -0.25) is 9.59 Å². The van der Waals surface area contributed by atoms with Crippen molar-refractivity contribution >= 4 is 57.9 Å². The number of aromatic nitrogens is 4. The van der Waals surface area contributed by atoms with E-state index in [0.29, 0.717) is 28.2 Å². The van der Waals surface area contributed by atoms with Crippen molar-refractivity contribution in [3.05, 3.63) is 224 Å². The number of carbonyl (C=O) groups is 2. The molecular weight excluding hydrogens is 949 g/mol. The Balaban J connectivity index is 0.911. The van der Waals surface area contributed by atoms with Gasteiger partial charge in [-0.05, 0) is 153 Å². The van der Waals surface area contributed by atoms with Crippen molar-refractivity contribution in [3.63, 3.8) is 0 Å². The number of nitrogens with zero attached hydrogens (tertiary/aromatic N) is 2. The zero-order chi connectivity index (χ0) is 52.2. The van der Waals surface area contributed by atoms with E-state index < -0.39 is 11.8 Å². The molecule has 0 radical (unpaired) electrons. The van der Waals surface area contributed by atoms with Crippen LogP contribution in [0.4, 0.5) is 0 Å². The number of fused-ring (bicyclic) bond motifs is 8. The molecule has 2 N–H and O–H groups in total. The smallest absolute Gasteiger partial charge is 0.186 e. The van der Waals surface area contributed by atoms with Crippen LogP contribution in [0, 0.1) is 26.7 Å². The minimum absolute atomic E-state index is 0.0181. The number of methoxy groups -OCH3 is 2. The maximum absolute atomic E-state index is 15.4. The number of nitrogens with one attached hydrogen (secondary N) is 2. The fraction of sp³-hybridized carbons (Fsp3) is 0.188. The largest absolute Gasteiger partial charge is 0.496 e. The minimum atomic E-state index is -0.444. The summed E-state index contributed by atoms with van der Waals surface area (Å²) in [5.41, 5.74) is 24.1. The Kier molecular flexibility index (Phi) is 11.0. The highest BCUT2D eigenvalue weighted by atomic mass is 16.5. The predicted molar refractivity (Wildman–Crippen MR) is 309 cm³/mol. The molecule has 2 atom stereocenters. The summed E-state index contributed by atoms with van der Waals surface area (Å²) in [6.07, 6.45) is 13.4. The highest BCUT2D eigenvalue weighted by molar-refractivity contribution is 6.26. The third-order valence-corrected chi connectivity index (χ3v) is 17.2. The number of aryl methyl sites for hydroxylation is 3. The quantitative estimate of drug-likeness (QED) is 0.154. The highest BCUT2D eigenvalue weighted by Gasteiger charge is 2.52. The first-order valence-corrected chi connectivity index (χ1v) is 26.9. The Labute approximate surface area is 447 Å². The lowest BCUT2D eigenvalue weighted by Gasteiger charge is -2.45. The molecule has 8 heteroatoms. The highest BCUT2D eigenvalue weighted by Crippen LogP contribution is 2.62. The van der Waals surface area contributed by atoms with E-state index in [4.69, 9.17) is 19.4 Å². The molecule has 5 aromatic carbocycles. The lowest BCUT2D eigenvalue weighted by Crippen LogP contribution is -2.38. The summed E-state index contributed by atoms with van der Waals surface area (Å²) in [5.74, 6) is 0.436. The molecule has 10 bridgehead atoms. The first-order valence-electron chi connectivity index (χ1n) is 26.9. The third kappa shape index (κ3) is 7.48. The summed E-state index contributed by atoms with van der Waals surface area (Å²) in [7, 11) is 3.33. The number of Topliss-reactive ketones (excluding diaryl/α,β-unsaturated/α-hetero) is 1. The van der Waals surface area contributed by atoms with E-state index in [9.17, 15) is 4.79 Å². The molecule has 15 rings (SSSR count). The molecule has 0 unspecified atom stereocenters. The predicted octanol–water partition coefficient (Wildman–Crippen LogP) is 15.5. The molecule has 0 saturated heterocycles. The monoisotopic (exact) mass is 1000 g/mol. The normalized spacial score (nSPS) is 19.0. The summed E-state index contributed by atoms with van der Waals surface area (Å²) < 4.78 is 12.0. The van der Waals surface area contributed by atoms with Crippen molar-refractivity contribution in [3.8, 4) is 44.9 Å². The lowest BCUT2D eigenvalue weighted by atomic mass is 9.56. The van der Waals surface area contributed by atoms with Gasteiger partial charge in [0.05, 0.1) is 37.0 Å². The van der Waals surface area contributed by atoms with E-state index in [2.05, 4.69) is 164 Å². The van der Waals surface area contributed by atoms with Gasteiger partial charge in [0, 0.05) is 84.0 Å². The van der Waals surface area contributed by atoms with Gasteiger partial charge in [-0.1, -0.05) is 114 Å². The van der Waals surface area contributed by atoms with Crippen LogP contribution in [0.5, 0.6) is 11.5 Å². The Morgan fingerprint density at radius 3 is 1.31 bits per heavy atom. The molecule has 5 heterocycles. The average Bonchev–Trinajstić information content (AvgIpc) is 4.42. The molecule has 7 aliphatic rings.